The summed E-state index contributed by atoms with van der Waals surface area (Å²) in [6.07, 6.45) is 2.38. The monoisotopic (exact) mass is 296 g/mol. The molecular weight excluding hydrogens is 276 g/mol. The molecule has 19 heavy (non-hydrogen) atoms. The topological polar surface area (TPSA) is 41.1 Å². The van der Waals surface area contributed by atoms with Crippen molar-refractivity contribution in [2.24, 2.45) is 0 Å². The molecule has 0 radical (unpaired) electrons. The summed E-state index contributed by atoms with van der Waals surface area (Å²) in [4.78, 5) is 12.4. The van der Waals surface area contributed by atoms with E-state index < -0.39 is 0 Å². The molecule has 0 aliphatic rings. The van der Waals surface area contributed by atoms with Gasteiger partial charge in [0.1, 0.15) is 0 Å². The molecule has 0 amide bonds. The number of anilines is 2. The average molecular weight is 296 g/mol. The fraction of sp³-hybridized carbons (Fsp3) is 0.538. The molecule has 0 aromatic carbocycles. The fourth-order valence-electron chi connectivity index (χ4n) is 1.64. The minimum Gasteiger partial charge on any atom is -0.362 e. The van der Waals surface area contributed by atoms with Crippen LogP contribution < -0.4 is 10.2 Å². The van der Waals surface area contributed by atoms with Gasteiger partial charge in [0.25, 0.3) is 0 Å². The number of hydrogen-bond donors (Lipinski definition) is 1. The molecule has 0 atom stereocenters. The molecule has 0 unspecified atom stereocenters. The fourth-order valence-corrected chi connectivity index (χ4v) is 3.40. The van der Waals surface area contributed by atoms with E-state index in [1.807, 2.05) is 25.9 Å². The Balaban J connectivity index is 2.13. The van der Waals surface area contributed by atoms with Gasteiger partial charge >= 0.3 is 0 Å². The Labute approximate surface area is 122 Å². The van der Waals surface area contributed by atoms with Gasteiger partial charge in [0, 0.05) is 26.0 Å². The molecular formula is C13H20N4S2. The van der Waals surface area contributed by atoms with E-state index in [9.17, 15) is 0 Å². The Morgan fingerprint density at radius 2 is 2.11 bits per heavy atom. The lowest BCUT2D eigenvalue weighted by atomic mass is 10.3. The van der Waals surface area contributed by atoms with Gasteiger partial charge in [0.2, 0.25) is 0 Å². The molecule has 4 nitrogen and oxygen atoms in total. The molecule has 0 bridgehead atoms. The van der Waals surface area contributed by atoms with Crippen LogP contribution >= 0.6 is 22.7 Å². The Morgan fingerprint density at radius 3 is 2.74 bits per heavy atom. The van der Waals surface area contributed by atoms with Crippen molar-refractivity contribution in [2.45, 2.75) is 26.7 Å². The van der Waals surface area contributed by atoms with Gasteiger partial charge in [-0.3, -0.25) is 0 Å². The average Bonchev–Trinajstić information content (AvgIpc) is 2.96. The highest BCUT2D eigenvalue weighted by Gasteiger charge is 2.13. The zero-order valence-corrected chi connectivity index (χ0v) is 13.5. The van der Waals surface area contributed by atoms with Crippen LogP contribution in [0.5, 0.6) is 0 Å². The summed E-state index contributed by atoms with van der Waals surface area (Å²) in [6, 6.07) is 0. The molecule has 0 spiro atoms. The summed E-state index contributed by atoms with van der Waals surface area (Å²) in [7, 11) is 4.03. The van der Waals surface area contributed by atoms with E-state index in [1.54, 1.807) is 22.7 Å². The predicted octanol–water partition coefficient (Wildman–Crippen LogP) is 3.85. The van der Waals surface area contributed by atoms with Gasteiger partial charge in [-0.2, -0.15) is 0 Å². The lowest BCUT2D eigenvalue weighted by Crippen LogP contribution is -2.07. The van der Waals surface area contributed by atoms with Gasteiger partial charge in [-0.15, -0.1) is 11.3 Å². The highest BCUT2D eigenvalue weighted by atomic mass is 32.1. The van der Waals surface area contributed by atoms with Crippen LogP contribution in [0.15, 0.2) is 5.38 Å². The maximum Gasteiger partial charge on any atom is 0.185 e. The van der Waals surface area contributed by atoms with Crippen molar-refractivity contribution in [2.75, 3.05) is 30.9 Å². The zero-order valence-electron chi connectivity index (χ0n) is 11.9. The van der Waals surface area contributed by atoms with Crippen molar-refractivity contribution in [1.82, 2.24) is 9.97 Å². The summed E-state index contributed by atoms with van der Waals surface area (Å²) in [6.45, 7) is 5.23. The van der Waals surface area contributed by atoms with Gasteiger partial charge in [-0.05, 0) is 13.3 Å². The molecule has 2 rings (SSSR count). The molecule has 2 aromatic heterocycles. The molecule has 0 fully saturated rings. The van der Waals surface area contributed by atoms with Crippen LogP contribution in [0.2, 0.25) is 0 Å². The third-order valence-corrected chi connectivity index (χ3v) is 4.86. The van der Waals surface area contributed by atoms with Crippen LogP contribution in [0.25, 0.3) is 10.6 Å². The molecule has 0 aliphatic carbocycles. The Kier molecular flexibility index (Phi) is 4.76. The lowest BCUT2D eigenvalue weighted by molar-refractivity contribution is 0.833. The molecule has 2 aromatic rings. The van der Waals surface area contributed by atoms with Crippen molar-refractivity contribution in [3.8, 4) is 10.6 Å². The van der Waals surface area contributed by atoms with Crippen molar-refractivity contribution >= 4 is 32.9 Å². The minimum atomic E-state index is 0.994. The van der Waals surface area contributed by atoms with Crippen molar-refractivity contribution < 1.29 is 0 Å². The van der Waals surface area contributed by atoms with E-state index in [0.717, 1.165) is 28.2 Å². The first-order valence-corrected chi connectivity index (χ1v) is 8.16. The summed E-state index contributed by atoms with van der Waals surface area (Å²) in [5, 5.41) is 7.50. The van der Waals surface area contributed by atoms with Gasteiger partial charge in [0.05, 0.1) is 16.3 Å². The second-order valence-corrected chi connectivity index (χ2v) is 6.46. The number of rotatable bonds is 6. The normalized spacial score (nSPS) is 10.7. The highest BCUT2D eigenvalue weighted by Crippen LogP contribution is 2.35. The molecule has 2 heterocycles. The van der Waals surface area contributed by atoms with Crippen molar-refractivity contribution in [1.29, 1.82) is 0 Å². The van der Waals surface area contributed by atoms with Crippen LogP contribution in [0.3, 0.4) is 0 Å². The maximum absolute atomic E-state index is 4.65. The van der Waals surface area contributed by atoms with Crippen molar-refractivity contribution in [3.63, 3.8) is 0 Å². The standard InChI is InChI=1S/C13H20N4S2/c1-5-6-7-14-12-16-10(8-18-12)11-9(2)15-13(19-11)17(3)4/h8H,5-7H2,1-4H3,(H,14,16). The number of aromatic nitrogens is 2. The van der Waals surface area contributed by atoms with E-state index in [1.165, 1.54) is 17.7 Å². The largest absolute Gasteiger partial charge is 0.362 e. The first-order chi connectivity index (χ1) is 9.11. The zero-order chi connectivity index (χ0) is 13.8. The molecule has 0 saturated heterocycles. The third-order valence-electron chi connectivity index (χ3n) is 2.71. The predicted molar refractivity (Wildman–Crippen MR) is 85.7 cm³/mol. The van der Waals surface area contributed by atoms with E-state index in [-0.39, 0.29) is 0 Å². The minimum absolute atomic E-state index is 0.994. The number of hydrogen-bond acceptors (Lipinski definition) is 6. The van der Waals surface area contributed by atoms with E-state index in [4.69, 9.17) is 0 Å². The molecule has 0 saturated carbocycles. The first-order valence-electron chi connectivity index (χ1n) is 6.46. The Hall–Kier alpha value is -1.14. The Morgan fingerprint density at radius 1 is 1.32 bits per heavy atom. The smallest absolute Gasteiger partial charge is 0.185 e. The van der Waals surface area contributed by atoms with Crippen LogP contribution in [-0.4, -0.2) is 30.6 Å². The second kappa shape index (κ2) is 6.34. The van der Waals surface area contributed by atoms with Crippen LogP contribution in [0.4, 0.5) is 10.3 Å². The maximum atomic E-state index is 4.65. The Bertz CT molecular complexity index is 530. The van der Waals surface area contributed by atoms with Gasteiger partial charge in [-0.25, -0.2) is 9.97 Å². The number of nitrogens with zero attached hydrogens (tertiary/aromatic N) is 3. The molecule has 104 valence electrons. The first kappa shape index (κ1) is 14.3. The quantitative estimate of drug-likeness (QED) is 0.822. The summed E-state index contributed by atoms with van der Waals surface area (Å²) in [5.41, 5.74) is 2.09. The number of thiazole rings is 2. The number of nitrogens with one attached hydrogen (secondary N) is 1. The van der Waals surface area contributed by atoms with Crippen LogP contribution in [0.1, 0.15) is 25.5 Å². The lowest BCUT2D eigenvalue weighted by Gasteiger charge is -2.04. The number of aryl methyl sites for hydroxylation is 1. The summed E-state index contributed by atoms with van der Waals surface area (Å²) >= 11 is 3.36. The summed E-state index contributed by atoms with van der Waals surface area (Å²) < 4.78 is 0. The highest BCUT2D eigenvalue weighted by molar-refractivity contribution is 7.19. The second-order valence-electron chi connectivity index (χ2n) is 4.62. The number of unbranched alkanes of at least 4 members (excludes halogenated alkanes) is 1. The summed E-state index contributed by atoms with van der Waals surface area (Å²) in [5.74, 6) is 0. The van der Waals surface area contributed by atoms with Gasteiger partial charge < -0.3 is 10.2 Å². The van der Waals surface area contributed by atoms with Crippen molar-refractivity contribution in [3.05, 3.63) is 11.1 Å². The van der Waals surface area contributed by atoms with Gasteiger partial charge in [-0.1, -0.05) is 24.7 Å². The van der Waals surface area contributed by atoms with Gasteiger partial charge in [0.15, 0.2) is 10.3 Å². The van der Waals surface area contributed by atoms with E-state index in [2.05, 4.69) is 27.6 Å². The third kappa shape index (κ3) is 3.45. The molecule has 1 N–H and O–H groups in total. The van der Waals surface area contributed by atoms with E-state index in [0.29, 0.717) is 0 Å². The van der Waals surface area contributed by atoms with Crippen LogP contribution in [0, 0.1) is 6.92 Å². The SMILES string of the molecule is CCCCNc1nc(-c2sc(N(C)C)nc2C)cs1. The van der Waals surface area contributed by atoms with Crippen LogP contribution in [-0.2, 0) is 0 Å². The molecule has 6 heteroatoms. The van der Waals surface area contributed by atoms with E-state index >= 15 is 0 Å². The molecule has 0 aliphatic heterocycles.